The van der Waals surface area contributed by atoms with Crippen molar-refractivity contribution in [2.45, 2.75) is 6.10 Å². The third-order valence-corrected chi connectivity index (χ3v) is 5.20. The lowest BCUT2D eigenvalue weighted by Gasteiger charge is -2.22. The number of para-hydroxylation sites is 1. The van der Waals surface area contributed by atoms with Crippen molar-refractivity contribution in [3.05, 3.63) is 99.6 Å². The molecule has 1 atom stereocenters. The maximum Gasteiger partial charge on any atom is 0.311 e. The van der Waals surface area contributed by atoms with Crippen LogP contribution in [0.25, 0.3) is 0 Å². The molecule has 33 heavy (non-hydrogen) atoms. The zero-order chi connectivity index (χ0) is 23.5. The Bertz CT molecular complexity index is 1260. The number of imide groups is 1. The second-order valence-electron chi connectivity index (χ2n) is 7.20. The number of carbonyl (C=O) groups excluding carboxylic acids is 3. The molecule has 2 amide bonds. The molecule has 166 valence electrons. The van der Waals surface area contributed by atoms with Crippen molar-refractivity contribution in [3.63, 3.8) is 0 Å². The van der Waals surface area contributed by atoms with E-state index >= 15 is 0 Å². The Morgan fingerprint density at radius 3 is 2.45 bits per heavy atom. The number of carbonyl (C=O) groups is 3. The molecular formula is C24H18N2O7. The van der Waals surface area contributed by atoms with E-state index in [0.717, 1.165) is 11.0 Å². The fourth-order valence-electron chi connectivity index (χ4n) is 3.54. The molecule has 3 aromatic carbocycles. The Balaban J connectivity index is 1.72. The summed E-state index contributed by atoms with van der Waals surface area (Å²) < 4.78 is 10.9. The van der Waals surface area contributed by atoms with Gasteiger partial charge in [-0.2, -0.15) is 0 Å². The first-order chi connectivity index (χ1) is 15.9. The Hall–Kier alpha value is -4.53. The van der Waals surface area contributed by atoms with Gasteiger partial charge in [0, 0.05) is 17.2 Å². The molecule has 0 bridgehead atoms. The largest absolute Gasteiger partial charge is 0.490 e. The summed E-state index contributed by atoms with van der Waals surface area (Å²) in [5.74, 6) is -1.83. The van der Waals surface area contributed by atoms with E-state index < -0.39 is 40.9 Å². The second kappa shape index (κ2) is 8.91. The van der Waals surface area contributed by atoms with E-state index in [1.807, 2.05) is 0 Å². The highest BCUT2D eigenvalue weighted by molar-refractivity contribution is 6.12. The zero-order valence-electron chi connectivity index (χ0n) is 17.5. The topological polar surface area (TPSA) is 116 Å². The van der Waals surface area contributed by atoms with Crippen LogP contribution in [0.1, 0.15) is 32.4 Å². The summed E-state index contributed by atoms with van der Waals surface area (Å²) in [6.07, 6.45) is -1.14. The third kappa shape index (κ3) is 4.16. The maximum absolute atomic E-state index is 13.4. The first-order valence-corrected chi connectivity index (χ1v) is 9.92. The van der Waals surface area contributed by atoms with Crippen molar-refractivity contribution in [1.82, 2.24) is 4.90 Å². The summed E-state index contributed by atoms with van der Waals surface area (Å²) in [4.78, 5) is 51.0. The van der Waals surface area contributed by atoms with E-state index in [-0.39, 0.29) is 22.6 Å². The van der Waals surface area contributed by atoms with Gasteiger partial charge in [-0.25, -0.2) is 0 Å². The van der Waals surface area contributed by atoms with Gasteiger partial charge in [-0.3, -0.25) is 29.4 Å². The van der Waals surface area contributed by atoms with Gasteiger partial charge in [-0.1, -0.05) is 42.5 Å². The van der Waals surface area contributed by atoms with Crippen molar-refractivity contribution in [1.29, 1.82) is 0 Å². The predicted molar refractivity (Wildman–Crippen MR) is 116 cm³/mol. The monoisotopic (exact) mass is 446 g/mol. The van der Waals surface area contributed by atoms with Crippen LogP contribution in [0.2, 0.25) is 0 Å². The molecule has 0 aliphatic carbocycles. The first-order valence-electron chi connectivity index (χ1n) is 9.92. The predicted octanol–water partition coefficient (Wildman–Crippen LogP) is 3.59. The molecule has 0 saturated carbocycles. The SMILES string of the molecule is COc1ccc(C(=O)CN2C(=O)c3ccccc3O[C@H](c3ccccc3)C2=O)cc1[N+](=O)[O-]. The number of hydrogen-bond acceptors (Lipinski definition) is 7. The Morgan fingerprint density at radius 1 is 1.06 bits per heavy atom. The summed E-state index contributed by atoms with van der Waals surface area (Å²) in [7, 11) is 1.28. The number of Topliss-reactive ketones (excluding diaryl/α,β-unsaturated/α-hetero) is 1. The smallest absolute Gasteiger partial charge is 0.311 e. The molecule has 9 heteroatoms. The van der Waals surface area contributed by atoms with Crippen molar-refractivity contribution in [2.75, 3.05) is 13.7 Å². The summed E-state index contributed by atoms with van der Waals surface area (Å²) >= 11 is 0. The number of ketones is 1. The van der Waals surface area contributed by atoms with E-state index in [1.54, 1.807) is 48.5 Å². The van der Waals surface area contributed by atoms with Gasteiger partial charge in [0.1, 0.15) is 5.75 Å². The molecule has 1 aliphatic heterocycles. The van der Waals surface area contributed by atoms with Crippen LogP contribution in [-0.2, 0) is 4.79 Å². The number of nitrogens with zero attached hydrogens (tertiary/aromatic N) is 2. The molecule has 0 radical (unpaired) electrons. The molecule has 1 aliphatic rings. The van der Waals surface area contributed by atoms with Crippen LogP contribution in [0.15, 0.2) is 72.8 Å². The van der Waals surface area contributed by atoms with Crippen LogP contribution in [0.5, 0.6) is 11.5 Å². The van der Waals surface area contributed by atoms with Crippen molar-refractivity contribution < 1.29 is 28.8 Å². The van der Waals surface area contributed by atoms with E-state index in [1.165, 1.54) is 25.3 Å². The number of nitro benzene ring substituents is 1. The minimum absolute atomic E-state index is 0.00931. The quantitative estimate of drug-likeness (QED) is 0.246. The van der Waals surface area contributed by atoms with Crippen LogP contribution in [0.4, 0.5) is 5.69 Å². The number of amides is 2. The van der Waals surface area contributed by atoms with Gasteiger partial charge in [-0.05, 0) is 24.3 Å². The fraction of sp³-hybridized carbons (Fsp3) is 0.125. The summed E-state index contributed by atoms with van der Waals surface area (Å²) in [6, 6.07) is 18.7. The van der Waals surface area contributed by atoms with Gasteiger partial charge in [0.05, 0.1) is 24.1 Å². The van der Waals surface area contributed by atoms with Gasteiger partial charge >= 0.3 is 5.69 Å². The summed E-state index contributed by atoms with van der Waals surface area (Å²) in [5.41, 5.74) is 0.229. The normalized spacial score (nSPS) is 15.3. The highest BCUT2D eigenvalue weighted by Crippen LogP contribution is 2.32. The summed E-state index contributed by atoms with van der Waals surface area (Å²) in [5, 5.41) is 11.3. The minimum Gasteiger partial charge on any atom is -0.490 e. The van der Waals surface area contributed by atoms with Gasteiger partial charge in [-0.15, -0.1) is 0 Å². The number of hydrogen-bond donors (Lipinski definition) is 0. The van der Waals surface area contributed by atoms with E-state index in [9.17, 15) is 24.5 Å². The first kappa shape index (κ1) is 21.7. The van der Waals surface area contributed by atoms with Crippen LogP contribution in [0, 0.1) is 10.1 Å². The molecule has 1 heterocycles. The standard InChI is InChI=1S/C24H18N2O7/c1-32-21-12-11-16(13-18(21)26(30)31)19(27)14-25-23(28)17-9-5-6-10-20(17)33-22(24(25)29)15-7-3-2-4-8-15/h2-13,22H,14H2,1H3/t22-/m1/s1. The number of ether oxygens (including phenoxy) is 2. The fourth-order valence-corrected chi connectivity index (χ4v) is 3.54. The zero-order valence-corrected chi connectivity index (χ0v) is 17.5. The Morgan fingerprint density at radius 2 is 1.76 bits per heavy atom. The molecule has 0 spiro atoms. The van der Waals surface area contributed by atoms with Gasteiger partial charge in [0.25, 0.3) is 11.8 Å². The van der Waals surface area contributed by atoms with Gasteiger partial charge < -0.3 is 9.47 Å². The van der Waals surface area contributed by atoms with Crippen LogP contribution in [0.3, 0.4) is 0 Å². The van der Waals surface area contributed by atoms with Crippen LogP contribution in [-0.4, -0.2) is 41.1 Å². The van der Waals surface area contributed by atoms with Crippen molar-refractivity contribution in [3.8, 4) is 11.5 Å². The highest BCUT2D eigenvalue weighted by Gasteiger charge is 2.38. The lowest BCUT2D eigenvalue weighted by Crippen LogP contribution is -2.42. The molecule has 0 aromatic heterocycles. The minimum atomic E-state index is -1.14. The average molecular weight is 446 g/mol. The number of rotatable bonds is 6. The second-order valence-corrected chi connectivity index (χ2v) is 7.20. The summed E-state index contributed by atoms with van der Waals surface area (Å²) in [6.45, 7) is -0.609. The average Bonchev–Trinajstić information content (AvgIpc) is 2.94. The number of benzene rings is 3. The van der Waals surface area contributed by atoms with Gasteiger partial charge in [0.2, 0.25) is 6.10 Å². The Kier molecular flexibility index (Phi) is 5.86. The lowest BCUT2D eigenvalue weighted by atomic mass is 10.1. The van der Waals surface area contributed by atoms with E-state index in [4.69, 9.17) is 9.47 Å². The van der Waals surface area contributed by atoms with Gasteiger partial charge in [0.15, 0.2) is 11.5 Å². The number of methoxy groups -OCH3 is 1. The lowest BCUT2D eigenvalue weighted by molar-refractivity contribution is -0.385. The van der Waals surface area contributed by atoms with E-state index in [0.29, 0.717) is 5.56 Å². The highest BCUT2D eigenvalue weighted by atomic mass is 16.6. The maximum atomic E-state index is 13.4. The van der Waals surface area contributed by atoms with Crippen molar-refractivity contribution in [2.24, 2.45) is 0 Å². The Labute approximate surface area is 188 Å². The number of fused-ring (bicyclic) bond motifs is 1. The van der Waals surface area contributed by atoms with Crippen molar-refractivity contribution >= 4 is 23.3 Å². The molecule has 0 N–H and O–H groups in total. The molecule has 3 aromatic rings. The molecule has 0 unspecified atom stereocenters. The molecule has 0 saturated heterocycles. The van der Waals surface area contributed by atoms with E-state index in [2.05, 4.69) is 0 Å². The molecular weight excluding hydrogens is 428 g/mol. The third-order valence-electron chi connectivity index (χ3n) is 5.20. The van der Waals surface area contributed by atoms with Crippen LogP contribution >= 0.6 is 0 Å². The van der Waals surface area contributed by atoms with Crippen LogP contribution < -0.4 is 9.47 Å². The molecule has 9 nitrogen and oxygen atoms in total. The molecule has 0 fully saturated rings. The number of nitro groups is 1. The molecule has 4 rings (SSSR count).